The first-order valence-electron chi connectivity index (χ1n) is 7.80. The lowest BCUT2D eigenvalue weighted by molar-refractivity contribution is 0.305. The second kappa shape index (κ2) is 8.22. The van der Waals surface area contributed by atoms with Gasteiger partial charge in [-0.25, -0.2) is 4.98 Å². The van der Waals surface area contributed by atoms with Crippen LogP contribution in [-0.4, -0.2) is 30.7 Å². The van der Waals surface area contributed by atoms with Crippen molar-refractivity contribution in [1.82, 2.24) is 9.97 Å². The zero-order valence-electron chi connectivity index (χ0n) is 13.7. The van der Waals surface area contributed by atoms with Crippen LogP contribution < -0.4 is 20.9 Å². The van der Waals surface area contributed by atoms with Crippen LogP contribution in [0.1, 0.15) is 25.0 Å². The van der Waals surface area contributed by atoms with Crippen LogP contribution in [0.5, 0.6) is 5.75 Å². The Bertz CT molecular complexity index is 682. The third-order valence-corrected chi connectivity index (χ3v) is 3.49. The van der Waals surface area contributed by atoms with Gasteiger partial charge in [-0.3, -0.25) is 9.78 Å². The SMILES string of the molecule is CN(C)c1cccc(OCCCCCc2cc(=O)[nH]c(N)n2)c1. The van der Waals surface area contributed by atoms with Crippen LogP contribution in [0.3, 0.4) is 0 Å². The van der Waals surface area contributed by atoms with Gasteiger partial charge in [0.15, 0.2) is 0 Å². The van der Waals surface area contributed by atoms with Gasteiger partial charge in [0.05, 0.1) is 6.61 Å². The number of hydrogen-bond donors (Lipinski definition) is 2. The minimum atomic E-state index is -0.198. The van der Waals surface area contributed by atoms with Crippen molar-refractivity contribution in [2.75, 3.05) is 31.3 Å². The molecule has 0 radical (unpaired) electrons. The molecule has 1 heterocycles. The third kappa shape index (κ3) is 5.65. The molecule has 0 aliphatic carbocycles. The Balaban J connectivity index is 1.68. The fourth-order valence-corrected chi connectivity index (χ4v) is 2.28. The Morgan fingerprint density at radius 1 is 1.22 bits per heavy atom. The summed E-state index contributed by atoms with van der Waals surface area (Å²) < 4.78 is 5.77. The van der Waals surface area contributed by atoms with Crippen molar-refractivity contribution in [3.63, 3.8) is 0 Å². The van der Waals surface area contributed by atoms with E-state index >= 15 is 0 Å². The topological polar surface area (TPSA) is 84.2 Å². The fraction of sp³-hybridized carbons (Fsp3) is 0.412. The Morgan fingerprint density at radius 3 is 2.78 bits per heavy atom. The van der Waals surface area contributed by atoms with Gasteiger partial charge in [-0.15, -0.1) is 0 Å². The van der Waals surface area contributed by atoms with Crippen molar-refractivity contribution < 1.29 is 4.74 Å². The van der Waals surface area contributed by atoms with E-state index in [0.717, 1.165) is 42.8 Å². The fourth-order valence-electron chi connectivity index (χ4n) is 2.28. The standard InChI is InChI=1S/C17H24N4O2/c1-21(2)14-8-6-9-15(12-14)23-10-5-3-4-7-13-11-16(22)20-17(18)19-13/h6,8-9,11-12H,3-5,7,10H2,1-2H3,(H3,18,19,20,22). The molecule has 0 saturated heterocycles. The van der Waals surface area contributed by atoms with Gasteiger partial charge < -0.3 is 15.4 Å². The number of benzene rings is 1. The van der Waals surface area contributed by atoms with Crippen LogP contribution in [0.25, 0.3) is 0 Å². The van der Waals surface area contributed by atoms with Crippen LogP contribution >= 0.6 is 0 Å². The van der Waals surface area contributed by atoms with Crippen molar-refractivity contribution >= 4 is 11.6 Å². The summed E-state index contributed by atoms with van der Waals surface area (Å²) in [5, 5.41) is 0. The average molecular weight is 316 g/mol. The molecular weight excluding hydrogens is 292 g/mol. The van der Waals surface area contributed by atoms with Crippen molar-refractivity contribution in [3.8, 4) is 5.75 Å². The minimum absolute atomic E-state index is 0.177. The smallest absolute Gasteiger partial charge is 0.252 e. The van der Waals surface area contributed by atoms with E-state index in [2.05, 4.69) is 9.97 Å². The highest BCUT2D eigenvalue weighted by molar-refractivity contribution is 5.49. The van der Waals surface area contributed by atoms with Crippen LogP contribution in [0.4, 0.5) is 11.6 Å². The Labute approximate surface area is 136 Å². The maximum Gasteiger partial charge on any atom is 0.252 e. The van der Waals surface area contributed by atoms with Gasteiger partial charge in [0.2, 0.25) is 5.95 Å². The Kier molecular flexibility index (Phi) is 6.02. The molecule has 0 aliphatic rings. The summed E-state index contributed by atoms with van der Waals surface area (Å²) in [5.41, 5.74) is 7.19. The van der Waals surface area contributed by atoms with Gasteiger partial charge in [0.1, 0.15) is 5.75 Å². The Morgan fingerprint density at radius 2 is 2.04 bits per heavy atom. The molecule has 0 atom stereocenters. The van der Waals surface area contributed by atoms with Crippen LogP contribution in [0, 0.1) is 0 Å². The summed E-state index contributed by atoms with van der Waals surface area (Å²) in [7, 11) is 4.02. The molecule has 0 amide bonds. The largest absolute Gasteiger partial charge is 0.494 e. The highest BCUT2D eigenvalue weighted by atomic mass is 16.5. The van der Waals surface area contributed by atoms with E-state index in [-0.39, 0.29) is 11.5 Å². The van der Waals surface area contributed by atoms with Crippen molar-refractivity contribution in [2.24, 2.45) is 0 Å². The van der Waals surface area contributed by atoms with Crippen molar-refractivity contribution in [3.05, 3.63) is 46.4 Å². The molecule has 1 aromatic carbocycles. The number of nitrogens with one attached hydrogen (secondary N) is 1. The number of hydrogen-bond acceptors (Lipinski definition) is 5. The van der Waals surface area contributed by atoms with Gasteiger partial charge in [-0.05, 0) is 37.8 Å². The number of rotatable bonds is 8. The summed E-state index contributed by atoms with van der Waals surface area (Å²) in [5.74, 6) is 1.07. The highest BCUT2D eigenvalue weighted by Crippen LogP contribution is 2.19. The second-order valence-corrected chi connectivity index (χ2v) is 5.67. The third-order valence-electron chi connectivity index (χ3n) is 3.49. The minimum Gasteiger partial charge on any atom is -0.494 e. The second-order valence-electron chi connectivity index (χ2n) is 5.67. The summed E-state index contributed by atoms with van der Waals surface area (Å²) in [4.78, 5) is 19.9. The zero-order valence-corrected chi connectivity index (χ0v) is 13.7. The van der Waals surface area contributed by atoms with E-state index in [4.69, 9.17) is 10.5 Å². The quantitative estimate of drug-likeness (QED) is 0.729. The molecule has 3 N–H and O–H groups in total. The van der Waals surface area contributed by atoms with Crippen molar-refractivity contribution in [1.29, 1.82) is 0 Å². The first-order valence-corrected chi connectivity index (χ1v) is 7.80. The lowest BCUT2D eigenvalue weighted by atomic mass is 10.1. The summed E-state index contributed by atoms with van der Waals surface area (Å²) >= 11 is 0. The van der Waals surface area contributed by atoms with Gasteiger partial charge in [-0.2, -0.15) is 0 Å². The molecule has 6 nitrogen and oxygen atoms in total. The molecule has 0 spiro atoms. The molecule has 2 rings (SSSR count). The van der Waals surface area contributed by atoms with Crippen LogP contribution in [-0.2, 0) is 6.42 Å². The van der Waals surface area contributed by atoms with Gasteiger partial charge in [0, 0.05) is 37.6 Å². The molecule has 6 heteroatoms. The van der Waals surface area contributed by atoms with E-state index in [1.165, 1.54) is 6.07 Å². The van der Waals surface area contributed by atoms with Gasteiger partial charge in [-0.1, -0.05) is 6.07 Å². The highest BCUT2D eigenvalue weighted by Gasteiger charge is 2.01. The van der Waals surface area contributed by atoms with E-state index in [1.807, 2.05) is 43.3 Å². The van der Waals surface area contributed by atoms with E-state index in [0.29, 0.717) is 6.61 Å². The number of unbranched alkanes of at least 4 members (excludes halogenated alkanes) is 2. The summed E-state index contributed by atoms with van der Waals surface area (Å²) in [6, 6.07) is 9.54. The number of H-pyrrole nitrogens is 1. The average Bonchev–Trinajstić information content (AvgIpc) is 2.50. The first kappa shape index (κ1) is 16.9. The molecule has 0 bridgehead atoms. The van der Waals surface area contributed by atoms with Crippen molar-refractivity contribution in [2.45, 2.75) is 25.7 Å². The molecule has 0 fully saturated rings. The number of aromatic nitrogens is 2. The monoisotopic (exact) mass is 316 g/mol. The van der Waals surface area contributed by atoms with Crippen LogP contribution in [0.2, 0.25) is 0 Å². The lowest BCUT2D eigenvalue weighted by Crippen LogP contribution is -2.12. The molecule has 2 aromatic rings. The predicted octanol–water partition coefficient (Wildman–Crippen LogP) is 2.21. The van der Waals surface area contributed by atoms with Gasteiger partial charge >= 0.3 is 0 Å². The molecule has 124 valence electrons. The zero-order chi connectivity index (χ0) is 16.7. The molecular formula is C17H24N4O2. The Hall–Kier alpha value is -2.50. The van der Waals surface area contributed by atoms with Crippen LogP contribution in [0.15, 0.2) is 35.1 Å². The number of anilines is 2. The van der Waals surface area contributed by atoms with E-state index in [9.17, 15) is 4.79 Å². The summed E-state index contributed by atoms with van der Waals surface area (Å²) in [6.07, 6.45) is 3.69. The predicted molar refractivity (Wildman–Crippen MR) is 93.1 cm³/mol. The number of nitrogens with zero attached hydrogens (tertiary/aromatic N) is 2. The lowest BCUT2D eigenvalue weighted by Gasteiger charge is -2.14. The number of aromatic amines is 1. The first-order chi connectivity index (χ1) is 11.0. The van der Waals surface area contributed by atoms with E-state index in [1.54, 1.807) is 0 Å². The molecule has 0 saturated carbocycles. The molecule has 0 unspecified atom stereocenters. The number of nitrogen functional groups attached to an aromatic ring is 1. The number of nitrogens with two attached hydrogens (primary N) is 1. The molecule has 0 aliphatic heterocycles. The number of aryl methyl sites for hydroxylation is 1. The molecule has 23 heavy (non-hydrogen) atoms. The normalized spacial score (nSPS) is 10.5. The number of ether oxygens (including phenoxy) is 1. The van der Waals surface area contributed by atoms with E-state index < -0.39 is 0 Å². The summed E-state index contributed by atoms with van der Waals surface area (Å²) in [6.45, 7) is 0.682. The molecule has 1 aromatic heterocycles. The maximum absolute atomic E-state index is 11.3. The maximum atomic E-state index is 11.3. The van der Waals surface area contributed by atoms with Gasteiger partial charge in [0.25, 0.3) is 5.56 Å².